The Hall–Kier alpha value is -0.120. The lowest BCUT2D eigenvalue weighted by Gasteiger charge is -2.48. The van der Waals surface area contributed by atoms with Crippen LogP contribution in [0.3, 0.4) is 0 Å². The maximum atomic E-state index is 5.96. The van der Waals surface area contributed by atoms with Gasteiger partial charge < -0.3 is 10.1 Å². The largest absolute Gasteiger partial charge is 0.375 e. The molecule has 0 aromatic rings. The van der Waals surface area contributed by atoms with E-state index in [1.54, 1.807) is 0 Å². The van der Waals surface area contributed by atoms with Crippen LogP contribution >= 0.6 is 0 Å². The fraction of sp³-hybridized carbons (Fsp3) is 1.00. The Labute approximate surface area is 105 Å². The lowest BCUT2D eigenvalue weighted by molar-refractivity contribution is -0.105. The van der Waals surface area contributed by atoms with Crippen LogP contribution in [0.25, 0.3) is 0 Å². The molecular formula is C14H26N2O. The molecule has 98 valence electrons. The number of fused-ring (bicyclic) bond motifs is 1. The highest BCUT2D eigenvalue weighted by molar-refractivity contribution is 4.93. The molecule has 3 fully saturated rings. The van der Waals surface area contributed by atoms with E-state index in [9.17, 15) is 0 Å². The SMILES string of the molecule is CC1CCC(N2CCOC3CCCCC32)CN1. The summed E-state index contributed by atoms with van der Waals surface area (Å²) in [5.41, 5.74) is 0. The van der Waals surface area contributed by atoms with E-state index in [4.69, 9.17) is 4.74 Å². The number of hydrogen-bond acceptors (Lipinski definition) is 3. The molecule has 4 atom stereocenters. The van der Waals surface area contributed by atoms with Gasteiger partial charge in [-0.2, -0.15) is 0 Å². The van der Waals surface area contributed by atoms with Gasteiger partial charge in [0, 0.05) is 31.2 Å². The summed E-state index contributed by atoms with van der Waals surface area (Å²) >= 11 is 0. The number of nitrogens with zero attached hydrogens (tertiary/aromatic N) is 1. The summed E-state index contributed by atoms with van der Waals surface area (Å²) in [6.45, 7) is 5.60. The molecule has 2 aliphatic heterocycles. The van der Waals surface area contributed by atoms with Crippen molar-refractivity contribution in [1.82, 2.24) is 10.2 Å². The summed E-state index contributed by atoms with van der Waals surface area (Å²) in [5, 5.41) is 3.64. The lowest BCUT2D eigenvalue weighted by atomic mass is 9.88. The van der Waals surface area contributed by atoms with Gasteiger partial charge in [0.1, 0.15) is 0 Å². The molecule has 0 aromatic heterocycles. The van der Waals surface area contributed by atoms with Crippen LogP contribution in [0.4, 0.5) is 0 Å². The Bertz CT molecular complexity index is 249. The molecule has 2 heterocycles. The second kappa shape index (κ2) is 5.25. The van der Waals surface area contributed by atoms with Crippen molar-refractivity contribution in [2.75, 3.05) is 19.7 Å². The maximum Gasteiger partial charge on any atom is 0.0731 e. The van der Waals surface area contributed by atoms with Crippen molar-refractivity contribution >= 4 is 0 Å². The number of piperidine rings is 1. The van der Waals surface area contributed by atoms with Gasteiger partial charge in [-0.3, -0.25) is 4.90 Å². The van der Waals surface area contributed by atoms with Crippen molar-refractivity contribution in [3.05, 3.63) is 0 Å². The van der Waals surface area contributed by atoms with Crippen LogP contribution in [0.15, 0.2) is 0 Å². The van der Waals surface area contributed by atoms with Crippen molar-refractivity contribution < 1.29 is 4.74 Å². The first-order valence-corrected chi connectivity index (χ1v) is 7.45. The van der Waals surface area contributed by atoms with Crippen molar-refractivity contribution in [3.63, 3.8) is 0 Å². The van der Waals surface area contributed by atoms with E-state index < -0.39 is 0 Å². The lowest BCUT2D eigenvalue weighted by Crippen LogP contribution is -2.60. The highest BCUT2D eigenvalue weighted by Crippen LogP contribution is 2.31. The van der Waals surface area contributed by atoms with Gasteiger partial charge in [-0.1, -0.05) is 12.8 Å². The van der Waals surface area contributed by atoms with Gasteiger partial charge in [0.2, 0.25) is 0 Å². The highest BCUT2D eigenvalue weighted by Gasteiger charge is 2.38. The molecule has 0 radical (unpaired) electrons. The zero-order valence-corrected chi connectivity index (χ0v) is 11.0. The number of nitrogens with one attached hydrogen (secondary N) is 1. The predicted octanol–water partition coefficient (Wildman–Crippen LogP) is 1.77. The molecule has 3 nitrogen and oxygen atoms in total. The van der Waals surface area contributed by atoms with Crippen LogP contribution in [0.5, 0.6) is 0 Å². The summed E-state index contributed by atoms with van der Waals surface area (Å²) in [7, 11) is 0. The first-order valence-electron chi connectivity index (χ1n) is 7.45. The fourth-order valence-electron chi connectivity index (χ4n) is 3.85. The number of ether oxygens (including phenoxy) is 1. The minimum absolute atomic E-state index is 0.539. The van der Waals surface area contributed by atoms with Crippen LogP contribution in [-0.2, 0) is 4.74 Å². The van der Waals surface area contributed by atoms with Gasteiger partial charge >= 0.3 is 0 Å². The van der Waals surface area contributed by atoms with Crippen LogP contribution in [0.2, 0.25) is 0 Å². The molecule has 4 unspecified atom stereocenters. The molecule has 1 N–H and O–H groups in total. The van der Waals surface area contributed by atoms with Gasteiger partial charge in [-0.25, -0.2) is 0 Å². The normalized spacial score (nSPS) is 44.3. The van der Waals surface area contributed by atoms with Crippen molar-refractivity contribution in [1.29, 1.82) is 0 Å². The minimum Gasteiger partial charge on any atom is -0.375 e. The van der Waals surface area contributed by atoms with Crippen molar-refractivity contribution in [2.24, 2.45) is 0 Å². The van der Waals surface area contributed by atoms with Gasteiger partial charge in [0.15, 0.2) is 0 Å². The molecule has 3 aliphatic rings. The van der Waals surface area contributed by atoms with E-state index in [-0.39, 0.29) is 0 Å². The third-order valence-corrected chi connectivity index (χ3v) is 4.88. The summed E-state index contributed by atoms with van der Waals surface area (Å²) in [4.78, 5) is 2.77. The first kappa shape index (κ1) is 11.9. The van der Waals surface area contributed by atoms with Crippen LogP contribution in [-0.4, -0.2) is 48.8 Å². The molecule has 0 aromatic carbocycles. The summed E-state index contributed by atoms with van der Waals surface area (Å²) < 4.78 is 5.96. The third kappa shape index (κ3) is 2.51. The highest BCUT2D eigenvalue weighted by atomic mass is 16.5. The Balaban J connectivity index is 1.64. The number of rotatable bonds is 1. The smallest absolute Gasteiger partial charge is 0.0731 e. The fourth-order valence-corrected chi connectivity index (χ4v) is 3.85. The van der Waals surface area contributed by atoms with Crippen molar-refractivity contribution in [3.8, 4) is 0 Å². The quantitative estimate of drug-likeness (QED) is 0.753. The Kier molecular flexibility index (Phi) is 3.69. The number of hydrogen-bond donors (Lipinski definition) is 1. The monoisotopic (exact) mass is 238 g/mol. The predicted molar refractivity (Wildman–Crippen MR) is 69.2 cm³/mol. The van der Waals surface area contributed by atoms with E-state index in [2.05, 4.69) is 17.1 Å². The summed E-state index contributed by atoms with van der Waals surface area (Å²) in [6, 6.07) is 2.20. The van der Waals surface area contributed by atoms with Crippen LogP contribution in [0, 0.1) is 0 Å². The first-order chi connectivity index (χ1) is 8.34. The Morgan fingerprint density at radius 2 is 2.00 bits per heavy atom. The van der Waals surface area contributed by atoms with Gasteiger partial charge in [0.05, 0.1) is 12.7 Å². The molecule has 17 heavy (non-hydrogen) atoms. The second-order valence-electron chi connectivity index (χ2n) is 6.04. The van der Waals surface area contributed by atoms with E-state index in [0.717, 1.165) is 31.3 Å². The Morgan fingerprint density at radius 3 is 2.82 bits per heavy atom. The topological polar surface area (TPSA) is 24.5 Å². The molecule has 3 rings (SSSR count). The number of morpholine rings is 1. The zero-order valence-electron chi connectivity index (χ0n) is 11.0. The summed E-state index contributed by atoms with van der Waals surface area (Å²) in [6.07, 6.45) is 8.66. The van der Waals surface area contributed by atoms with E-state index in [1.165, 1.54) is 45.1 Å². The summed E-state index contributed by atoms with van der Waals surface area (Å²) in [5.74, 6) is 0. The zero-order chi connectivity index (χ0) is 11.7. The molecule has 0 amide bonds. The van der Waals surface area contributed by atoms with E-state index in [0.29, 0.717) is 6.10 Å². The molecule has 1 aliphatic carbocycles. The molecule has 0 bridgehead atoms. The van der Waals surface area contributed by atoms with Gasteiger partial charge in [-0.05, 0) is 32.6 Å². The van der Waals surface area contributed by atoms with E-state index in [1.807, 2.05) is 0 Å². The standard InChI is InChI=1S/C14H26N2O/c1-11-6-7-12(10-15-11)16-8-9-17-14-5-3-2-4-13(14)16/h11-15H,2-10H2,1H3. The molecule has 1 saturated carbocycles. The second-order valence-corrected chi connectivity index (χ2v) is 6.04. The molecular weight excluding hydrogens is 212 g/mol. The van der Waals surface area contributed by atoms with Crippen LogP contribution in [0.1, 0.15) is 45.4 Å². The Morgan fingerprint density at radius 1 is 1.12 bits per heavy atom. The van der Waals surface area contributed by atoms with Crippen LogP contribution < -0.4 is 5.32 Å². The maximum absolute atomic E-state index is 5.96. The minimum atomic E-state index is 0.539. The molecule has 0 spiro atoms. The average Bonchev–Trinajstić information content (AvgIpc) is 2.39. The molecule has 3 heteroatoms. The van der Waals surface area contributed by atoms with Crippen molar-refractivity contribution in [2.45, 2.75) is 69.7 Å². The average molecular weight is 238 g/mol. The van der Waals surface area contributed by atoms with Gasteiger partial charge in [0.25, 0.3) is 0 Å². The molecule has 2 saturated heterocycles. The third-order valence-electron chi connectivity index (χ3n) is 4.88. The van der Waals surface area contributed by atoms with Gasteiger partial charge in [-0.15, -0.1) is 0 Å². The van der Waals surface area contributed by atoms with E-state index >= 15 is 0 Å².